The van der Waals surface area contributed by atoms with E-state index in [4.69, 9.17) is 5.26 Å². The molecule has 0 atom stereocenters. The zero-order valence-electron chi connectivity index (χ0n) is 11.3. The number of carbonyl (C=O) groups is 1. The third kappa shape index (κ3) is 3.52. The van der Waals surface area contributed by atoms with E-state index in [0.29, 0.717) is 10.8 Å². The maximum Gasteiger partial charge on any atom is 0.344 e. The Labute approximate surface area is 125 Å². The van der Waals surface area contributed by atoms with E-state index in [9.17, 15) is 9.59 Å². The van der Waals surface area contributed by atoms with Crippen molar-refractivity contribution in [3.63, 3.8) is 0 Å². The van der Waals surface area contributed by atoms with Gasteiger partial charge in [-0.2, -0.15) is 5.26 Å². The van der Waals surface area contributed by atoms with Gasteiger partial charge in [0.2, 0.25) is 5.91 Å². The predicted octanol–water partition coefficient (Wildman–Crippen LogP) is 0.850. The first-order chi connectivity index (χ1) is 10.2. The first kappa shape index (κ1) is 14.9. The number of aromatic amines is 1. The van der Waals surface area contributed by atoms with Crippen molar-refractivity contribution in [2.45, 2.75) is 11.7 Å². The molecule has 1 heterocycles. The quantitative estimate of drug-likeness (QED) is 0.652. The molecule has 0 saturated heterocycles. The van der Waals surface area contributed by atoms with Crippen molar-refractivity contribution in [1.82, 2.24) is 14.8 Å². The Hall–Kier alpha value is -2.53. The molecule has 1 aromatic heterocycles. The lowest BCUT2D eigenvalue weighted by Gasteiger charge is -2.19. The van der Waals surface area contributed by atoms with Gasteiger partial charge in [-0.25, -0.2) is 9.48 Å². The molecule has 108 valence electrons. The van der Waals surface area contributed by atoms with Crippen molar-refractivity contribution in [3.05, 3.63) is 40.8 Å². The SMILES string of the molecule is CSc1nn(CC(=O)N(CC#N)c2ccccc2)c(=O)[nH]1. The number of amides is 1. The van der Waals surface area contributed by atoms with E-state index in [1.807, 2.05) is 12.1 Å². The Morgan fingerprint density at radius 1 is 1.48 bits per heavy atom. The molecule has 1 N–H and O–H groups in total. The number of nitrogens with one attached hydrogen (secondary N) is 1. The van der Waals surface area contributed by atoms with Crippen molar-refractivity contribution in [2.75, 3.05) is 17.7 Å². The third-order valence-corrected chi connectivity index (χ3v) is 3.31. The first-order valence-corrected chi connectivity index (χ1v) is 7.31. The van der Waals surface area contributed by atoms with E-state index >= 15 is 0 Å². The van der Waals surface area contributed by atoms with E-state index in [1.54, 1.807) is 30.5 Å². The molecule has 0 spiro atoms. The van der Waals surface area contributed by atoms with Gasteiger partial charge in [0, 0.05) is 5.69 Å². The van der Waals surface area contributed by atoms with Crippen molar-refractivity contribution in [3.8, 4) is 6.07 Å². The van der Waals surface area contributed by atoms with Crippen LogP contribution in [0.4, 0.5) is 5.69 Å². The molecule has 1 aromatic carbocycles. The van der Waals surface area contributed by atoms with E-state index in [1.165, 1.54) is 16.7 Å². The third-order valence-electron chi connectivity index (χ3n) is 2.74. The molecule has 2 rings (SSSR count). The van der Waals surface area contributed by atoms with E-state index < -0.39 is 5.69 Å². The smallest absolute Gasteiger partial charge is 0.297 e. The van der Waals surface area contributed by atoms with E-state index in [2.05, 4.69) is 10.1 Å². The molecule has 0 aliphatic heterocycles. The number of benzene rings is 1. The molecule has 1 amide bonds. The minimum Gasteiger partial charge on any atom is -0.297 e. The van der Waals surface area contributed by atoms with Crippen LogP contribution in [0, 0.1) is 11.3 Å². The lowest BCUT2D eigenvalue weighted by molar-refractivity contribution is -0.119. The fourth-order valence-corrected chi connectivity index (χ4v) is 2.12. The monoisotopic (exact) mass is 303 g/mol. The average molecular weight is 303 g/mol. The highest BCUT2D eigenvalue weighted by Gasteiger charge is 2.17. The molecule has 0 fully saturated rings. The molecule has 0 bridgehead atoms. The second-order valence-electron chi connectivity index (χ2n) is 4.07. The van der Waals surface area contributed by atoms with Crippen molar-refractivity contribution in [2.24, 2.45) is 0 Å². The number of para-hydroxylation sites is 1. The Morgan fingerprint density at radius 3 is 2.76 bits per heavy atom. The summed E-state index contributed by atoms with van der Waals surface area (Å²) in [5.74, 6) is -0.371. The summed E-state index contributed by atoms with van der Waals surface area (Å²) in [7, 11) is 0. The highest BCUT2D eigenvalue weighted by Crippen LogP contribution is 2.13. The maximum atomic E-state index is 12.3. The topological polar surface area (TPSA) is 94.8 Å². The minimum absolute atomic E-state index is 0.0859. The van der Waals surface area contributed by atoms with Crippen molar-refractivity contribution < 1.29 is 4.79 Å². The Bertz CT molecular complexity index is 716. The summed E-state index contributed by atoms with van der Waals surface area (Å²) in [6.45, 7) is -0.302. The number of hydrogen-bond acceptors (Lipinski definition) is 5. The van der Waals surface area contributed by atoms with Crippen LogP contribution in [0.25, 0.3) is 0 Å². The van der Waals surface area contributed by atoms with Gasteiger partial charge in [-0.15, -0.1) is 5.10 Å². The minimum atomic E-state index is -0.447. The molecule has 8 heteroatoms. The van der Waals surface area contributed by atoms with Gasteiger partial charge in [-0.1, -0.05) is 30.0 Å². The van der Waals surface area contributed by atoms with Gasteiger partial charge in [0.05, 0.1) is 6.07 Å². The number of hydrogen-bond donors (Lipinski definition) is 1. The Morgan fingerprint density at radius 2 is 2.19 bits per heavy atom. The number of thioether (sulfide) groups is 1. The largest absolute Gasteiger partial charge is 0.344 e. The summed E-state index contributed by atoms with van der Waals surface area (Å²) in [5, 5.41) is 13.3. The standard InChI is InChI=1S/C13H13N5O2S/c1-21-12-15-13(20)18(16-12)9-11(19)17(8-7-14)10-5-3-2-4-6-10/h2-6H,8-9H2,1H3,(H,15,16,20). The summed E-state index contributed by atoms with van der Waals surface area (Å²) >= 11 is 1.28. The second-order valence-corrected chi connectivity index (χ2v) is 4.87. The summed E-state index contributed by atoms with van der Waals surface area (Å²) in [5.41, 5.74) is 0.162. The van der Waals surface area contributed by atoms with Crippen molar-refractivity contribution in [1.29, 1.82) is 5.26 Å². The molecule has 0 aliphatic rings. The fourth-order valence-electron chi connectivity index (χ4n) is 1.75. The molecule has 0 saturated carbocycles. The molecule has 0 radical (unpaired) electrons. The normalized spacial score (nSPS) is 10.1. The molecular weight excluding hydrogens is 290 g/mol. The molecule has 0 unspecified atom stereocenters. The van der Waals surface area contributed by atoms with Crippen LogP contribution in [0.15, 0.2) is 40.3 Å². The fraction of sp³-hybridized carbons (Fsp3) is 0.231. The lowest BCUT2D eigenvalue weighted by Crippen LogP contribution is -2.36. The highest BCUT2D eigenvalue weighted by molar-refractivity contribution is 7.98. The van der Waals surface area contributed by atoms with Crippen LogP contribution >= 0.6 is 11.8 Å². The number of nitriles is 1. The molecule has 21 heavy (non-hydrogen) atoms. The van der Waals surface area contributed by atoms with E-state index in [-0.39, 0.29) is 19.0 Å². The van der Waals surface area contributed by atoms with Gasteiger partial charge in [-0.3, -0.25) is 14.7 Å². The first-order valence-electron chi connectivity index (χ1n) is 6.09. The number of rotatable bonds is 5. The van der Waals surface area contributed by atoms with Gasteiger partial charge >= 0.3 is 5.69 Å². The Kier molecular flexibility index (Phi) is 4.79. The van der Waals surface area contributed by atoms with Crippen LogP contribution in [-0.2, 0) is 11.3 Å². The van der Waals surface area contributed by atoms with Crippen LogP contribution in [0.5, 0.6) is 0 Å². The van der Waals surface area contributed by atoms with E-state index in [0.717, 1.165) is 4.68 Å². The van der Waals surface area contributed by atoms with Crippen LogP contribution in [0.3, 0.4) is 0 Å². The number of H-pyrrole nitrogens is 1. The van der Waals surface area contributed by atoms with Crippen LogP contribution in [0.1, 0.15) is 0 Å². The number of aromatic nitrogens is 3. The summed E-state index contributed by atoms with van der Waals surface area (Å²) < 4.78 is 1.06. The zero-order valence-corrected chi connectivity index (χ0v) is 12.1. The van der Waals surface area contributed by atoms with Gasteiger partial charge in [-0.05, 0) is 18.4 Å². The van der Waals surface area contributed by atoms with Crippen molar-refractivity contribution >= 4 is 23.4 Å². The molecule has 0 aliphatic carbocycles. The highest BCUT2D eigenvalue weighted by atomic mass is 32.2. The molecule has 2 aromatic rings. The van der Waals surface area contributed by atoms with Crippen LogP contribution < -0.4 is 10.6 Å². The number of nitrogens with zero attached hydrogens (tertiary/aromatic N) is 4. The molecular formula is C13H13N5O2S. The van der Waals surface area contributed by atoms with Crippen LogP contribution in [-0.4, -0.2) is 33.5 Å². The summed E-state index contributed by atoms with van der Waals surface area (Å²) in [4.78, 5) is 27.8. The van der Waals surface area contributed by atoms with Gasteiger partial charge in [0.25, 0.3) is 0 Å². The van der Waals surface area contributed by atoms with Gasteiger partial charge in [0.1, 0.15) is 13.1 Å². The zero-order chi connectivity index (χ0) is 15.2. The van der Waals surface area contributed by atoms with Gasteiger partial charge in [0.15, 0.2) is 5.16 Å². The maximum absolute atomic E-state index is 12.3. The van der Waals surface area contributed by atoms with Gasteiger partial charge < -0.3 is 0 Å². The lowest BCUT2D eigenvalue weighted by atomic mass is 10.3. The number of anilines is 1. The second kappa shape index (κ2) is 6.76. The van der Waals surface area contributed by atoms with Crippen LogP contribution in [0.2, 0.25) is 0 Å². The molecule has 7 nitrogen and oxygen atoms in total. The summed E-state index contributed by atoms with van der Waals surface area (Å²) in [6.07, 6.45) is 1.77. The Balaban J connectivity index is 2.21. The average Bonchev–Trinajstić information content (AvgIpc) is 2.86. The summed E-state index contributed by atoms with van der Waals surface area (Å²) in [6, 6.07) is 10.8. The number of carbonyl (C=O) groups excluding carboxylic acids is 1. The predicted molar refractivity (Wildman–Crippen MR) is 79.0 cm³/mol.